The van der Waals surface area contributed by atoms with Gasteiger partial charge in [0.25, 0.3) is 5.91 Å². The summed E-state index contributed by atoms with van der Waals surface area (Å²) >= 11 is 14.3. The maximum Gasteiger partial charge on any atom is 0.269 e. The van der Waals surface area contributed by atoms with Gasteiger partial charge in [-0.3, -0.25) is 15.6 Å². The number of hydrogen-bond donors (Lipinski definition) is 3. The van der Waals surface area contributed by atoms with Crippen LogP contribution in [-0.4, -0.2) is 11.0 Å². The highest BCUT2D eigenvalue weighted by Crippen LogP contribution is 2.20. The molecule has 3 N–H and O–H groups in total. The normalized spacial score (nSPS) is 9.81. The van der Waals surface area contributed by atoms with E-state index in [0.29, 0.717) is 10.6 Å². The summed E-state index contributed by atoms with van der Waals surface area (Å²) in [5.41, 5.74) is 6.43. The van der Waals surface area contributed by atoms with Crippen molar-refractivity contribution in [1.82, 2.24) is 10.9 Å². The molecule has 2 aromatic rings. The van der Waals surface area contributed by atoms with Gasteiger partial charge in [-0.15, -0.1) is 0 Å². The number of para-hydroxylation sites is 1. The molecule has 0 aliphatic rings. The van der Waals surface area contributed by atoms with Crippen molar-refractivity contribution in [3.63, 3.8) is 0 Å². The number of anilines is 1. The first kappa shape index (κ1) is 15.8. The highest BCUT2D eigenvalue weighted by molar-refractivity contribution is 9.10. The van der Waals surface area contributed by atoms with Crippen LogP contribution in [0.2, 0.25) is 5.02 Å². The number of carbonyl (C=O) groups is 1. The minimum absolute atomic E-state index is 0.282. The van der Waals surface area contributed by atoms with Crippen LogP contribution in [0.4, 0.5) is 5.69 Å². The molecular formula is C14H11BrClN3OS. The maximum atomic E-state index is 11.9. The van der Waals surface area contributed by atoms with Gasteiger partial charge in [0.1, 0.15) is 0 Å². The number of halogens is 2. The molecule has 0 unspecified atom stereocenters. The fraction of sp³-hybridized carbons (Fsp3) is 0. The Balaban J connectivity index is 1.88. The summed E-state index contributed by atoms with van der Waals surface area (Å²) < 4.78 is 0.873. The molecule has 7 heteroatoms. The van der Waals surface area contributed by atoms with E-state index in [1.807, 2.05) is 24.3 Å². The molecule has 0 atom stereocenters. The summed E-state index contributed by atoms with van der Waals surface area (Å²) in [6.07, 6.45) is 0. The van der Waals surface area contributed by atoms with Gasteiger partial charge in [-0.2, -0.15) is 0 Å². The topological polar surface area (TPSA) is 53.2 Å². The molecular weight excluding hydrogens is 374 g/mol. The van der Waals surface area contributed by atoms with Crippen molar-refractivity contribution in [3.8, 4) is 0 Å². The molecule has 4 nitrogen and oxygen atoms in total. The lowest BCUT2D eigenvalue weighted by molar-refractivity contribution is 0.0944. The van der Waals surface area contributed by atoms with Gasteiger partial charge in [0.15, 0.2) is 5.11 Å². The van der Waals surface area contributed by atoms with Crippen LogP contribution in [0, 0.1) is 0 Å². The third-order valence-corrected chi connectivity index (χ3v) is 3.67. The number of benzene rings is 2. The number of amides is 1. The number of rotatable bonds is 2. The molecule has 0 saturated heterocycles. The third-order valence-electron chi connectivity index (χ3n) is 2.52. The summed E-state index contributed by atoms with van der Waals surface area (Å²) in [6.45, 7) is 0. The van der Waals surface area contributed by atoms with E-state index in [9.17, 15) is 4.79 Å². The van der Waals surface area contributed by atoms with Crippen LogP contribution in [-0.2, 0) is 0 Å². The van der Waals surface area contributed by atoms with E-state index in [1.54, 1.807) is 24.3 Å². The van der Waals surface area contributed by atoms with Crippen molar-refractivity contribution in [3.05, 3.63) is 63.6 Å². The first-order valence-corrected chi connectivity index (χ1v) is 7.51. The van der Waals surface area contributed by atoms with Gasteiger partial charge in [0.2, 0.25) is 0 Å². The lowest BCUT2D eigenvalue weighted by atomic mass is 10.2. The zero-order chi connectivity index (χ0) is 15.2. The molecule has 0 aliphatic carbocycles. The Morgan fingerprint density at radius 1 is 1.05 bits per heavy atom. The average molecular weight is 385 g/mol. The number of hydrogen-bond acceptors (Lipinski definition) is 2. The number of carbonyl (C=O) groups excluding carboxylic acids is 1. The minimum atomic E-state index is -0.303. The molecule has 0 saturated carbocycles. The van der Waals surface area contributed by atoms with Gasteiger partial charge in [-0.25, -0.2) is 0 Å². The molecule has 0 spiro atoms. The van der Waals surface area contributed by atoms with Gasteiger partial charge < -0.3 is 5.32 Å². The lowest BCUT2D eigenvalue weighted by Gasteiger charge is -2.12. The third kappa shape index (κ3) is 4.70. The van der Waals surface area contributed by atoms with E-state index in [2.05, 4.69) is 32.1 Å². The Kier molecular flexibility index (Phi) is 5.55. The van der Waals surface area contributed by atoms with Crippen molar-refractivity contribution in [1.29, 1.82) is 0 Å². The van der Waals surface area contributed by atoms with Crippen LogP contribution < -0.4 is 16.2 Å². The van der Waals surface area contributed by atoms with Gasteiger partial charge in [-0.1, -0.05) is 23.7 Å². The van der Waals surface area contributed by atoms with Crippen LogP contribution in [0.15, 0.2) is 53.0 Å². The van der Waals surface area contributed by atoms with Crippen LogP contribution in [0.3, 0.4) is 0 Å². The fourth-order valence-electron chi connectivity index (χ4n) is 1.50. The highest BCUT2D eigenvalue weighted by Gasteiger charge is 2.06. The van der Waals surface area contributed by atoms with Crippen molar-refractivity contribution in [2.24, 2.45) is 0 Å². The molecule has 0 bridgehead atoms. The first-order chi connectivity index (χ1) is 10.1. The van der Waals surface area contributed by atoms with Crippen molar-refractivity contribution in [2.45, 2.75) is 0 Å². The van der Waals surface area contributed by atoms with E-state index in [4.69, 9.17) is 23.8 Å². The zero-order valence-corrected chi connectivity index (χ0v) is 13.8. The van der Waals surface area contributed by atoms with E-state index in [0.717, 1.165) is 10.2 Å². The molecule has 0 fully saturated rings. The van der Waals surface area contributed by atoms with Crippen molar-refractivity contribution in [2.75, 3.05) is 5.32 Å². The smallest absolute Gasteiger partial charge is 0.269 e. The maximum absolute atomic E-state index is 11.9. The van der Waals surface area contributed by atoms with Crippen LogP contribution in [0.5, 0.6) is 0 Å². The molecule has 2 rings (SSSR count). The largest absolute Gasteiger partial charge is 0.330 e. The lowest BCUT2D eigenvalue weighted by Crippen LogP contribution is -2.43. The minimum Gasteiger partial charge on any atom is -0.330 e. The van der Waals surface area contributed by atoms with Crippen molar-refractivity contribution >= 4 is 56.5 Å². The quantitative estimate of drug-likeness (QED) is 0.545. The van der Waals surface area contributed by atoms with Crippen LogP contribution in [0.25, 0.3) is 0 Å². The van der Waals surface area contributed by atoms with Gasteiger partial charge in [-0.05, 0) is 64.5 Å². The Hall–Kier alpha value is -1.63. The Labute approximate surface area is 141 Å². The second kappa shape index (κ2) is 7.40. The molecule has 0 aromatic heterocycles. The Morgan fingerprint density at radius 2 is 1.71 bits per heavy atom. The second-order valence-electron chi connectivity index (χ2n) is 4.02. The standard InChI is InChI=1S/C14H11BrClN3OS/c15-11-3-1-2-4-12(11)17-14(21)19-18-13(20)9-5-7-10(16)8-6-9/h1-8H,(H,18,20)(H2,17,19,21). The Bertz CT molecular complexity index is 664. The van der Waals surface area contributed by atoms with E-state index < -0.39 is 0 Å². The molecule has 0 radical (unpaired) electrons. The van der Waals surface area contributed by atoms with E-state index in [-0.39, 0.29) is 11.0 Å². The monoisotopic (exact) mass is 383 g/mol. The summed E-state index contributed by atoms with van der Waals surface area (Å²) in [4.78, 5) is 11.9. The van der Waals surface area contributed by atoms with Gasteiger partial charge >= 0.3 is 0 Å². The predicted octanol–water partition coefficient (Wildman–Crippen LogP) is 3.73. The average Bonchev–Trinajstić information content (AvgIpc) is 2.48. The molecule has 21 heavy (non-hydrogen) atoms. The second-order valence-corrected chi connectivity index (χ2v) is 5.72. The molecule has 2 aromatic carbocycles. The van der Waals surface area contributed by atoms with Crippen molar-refractivity contribution < 1.29 is 4.79 Å². The number of hydrazine groups is 1. The molecule has 0 aliphatic heterocycles. The van der Waals surface area contributed by atoms with Crippen LogP contribution in [0.1, 0.15) is 10.4 Å². The predicted molar refractivity (Wildman–Crippen MR) is 92.4 cm³/mol. The number of thiocarbonyl (C=S) groups is 1. The highest BCUT2D eigenvalue weighted by atomic mass is 79.9. The number of nitrogens with one attached hydrogen (secondary N) is 3. The molecule has 0 heterocycles. The SMILES string of the molecule is O=C(NNC(=S)Nc1ccccc1Br)c1ccc(Cl)cc1. The fourth-order valence-corrected chi connectivity index (χ4v) is 2.17. The van der Waals surface area contributed by atoms with Gasteiger partial charge in [0.05, 0.1) is 5.69 Å². The summed E-state index contributed by atoms with van der Waals surface area (Å²) in [5.74, 6) is -0.303. The van der Waals surface area contributed by atoms with E-state index in [1.165, 1.54) is 0 Å². The van der Waals surface area contributed by atoms with Gasteiger partial charge in [0, 0.05) is 15.1 Å². The molecule has 108 valence electrons. The summed E-state index contributed by atoms with van der Waals surface area (Å²) in [5, 5.41) is 3.82. The summed E-state index contributed by atoms with van der Waals surface area (Å²) in [6, 6.07) is 14.1. The summed E-state index contributed by atoms with van der Waals surface area (Å²) in [7, 11) is 0. The first-order valence-electron chi connectivity index (χ1n) is 5.93. The Morgan fingerprint density at radius 3 is 2.38 bits per heavy atom. The zero-order valence-electron chi connectivity index (χ0n) is 10.7. The molecule has 1 amide bonds. The van der Waals surface area contributed by atoms with Crippen LogP contribution >= 0.6 is 39.7 Å². The van der Waals surface area contributed by atoms with E-state index >= 15 is 0 Å².